The number of carbonyl (C=O) groups is 1. The fourth-order valence-electron chi connectivity index (χ4n) is 4.25. The Balaban J connectivity index is 1.44. The summed E-state index contributed by atoms with van der Waals surface area (Å²) < 4.78 is 40.4. The highest BCUT2D eigenvalue weighted by Gasteiger charge is 2.33. The Bertz CT molecular complexity index is 1030. The van der Waals surface area contributed by atoms with Crippen molar-refractivity contribution in [3.8, 4) is 0 Å². The number of hydrogen-bond acceptors (Lipinski definition) is 4. The van der Waals surface area contributed by atoms with E-state index in [-0.39, 0.29) is 16.8 Å². The number of sulfonamides is 1. The molecule has 4 rings (SSSR count). The predicted molar refractivity (Wildman–Crippen MR) is 113 cm³/mol. The topological polar surface area (TPSA) is 60.9 Å². The molecule has 2 heterocycles. The Morgan fingerprint density at radius 1 is 0.967 bits per heavy atom. The van der Waals surface area contributed by atoms with Crippen molar-refractivity contribution in [2.75, 3.05) is 37.6 Å². The number of halogens is 1. The van der Waals surface area contributed by atoms with Gasteiger partial charge in [0.15, 0.2) is 0 Å². The highest BCUT2D eigenvalue weighted by atomic mass is 32.2. The summed E-state index contributed by atoms with van der Waals surface area (Å²) in [6.07, 6.45) is 1.49. The van der Waals surface area contributed by atoms with E-state index < -0.39 is 15.8 Å². The van der Waals surface area contributed by atoms with Crippen LogP contribution in [-0.2, 0) is 21.2 Å². The molecule has 2 aromatic rings. The van der Waals surface area contributed by atoms with Crippen LogP contribution < -0.4 is 4.90 Å². The molecule has 0 saturated carbocycles. The number of anilines is 1. The molecule has 0 bridgehead atoms. The fraction of sp³-hybridized carbons (Fsp3) is 0.409. The fourth-order valence-corrected chi connectivity index (χ4v) is 5.72. The number of fused-ring (bicyclic) bond motifs is 1. The molecule has 1 fully saturated rings. The largest absolute Gasteiger partial charge is 0.310 e. The molecule has 8 heteroatoms. The van der Waals surface area contributed by atoms with E-state index in [1.807, 2.05) is 30.0 Å². The second-order valence-electron chi connectivity index (χ2n) is 7.79. The third-order valence-corrected chi connectivity index (χ3v) is 7.91. The van der Waals surface area contributed by atoms with Crippen LogP contribution in [0.15, 0.2) is 53.4 Å². The molecule has 0 spiro atoms. The Hall–Kier alpha value is -2.29. The molecule has 2 aliphatic heterocycles. The monoisotopic (exact) mass is 431 g/mol. The van der Waals surface area contributed by atoms with Gasteiger partial charge in [-0.1, -0.05) is 18.2 Å². The summed E-state index contributed by atoms with van der Waals surface area (Å²) in [4.78, 5) is 17.2. The Labute approximate surface area is 176 Å². The zero-order valence-corrected chi connectivity index (χ0v) is 17.8. The van der Waals surface area contributed by atoms with Crippen molar-refractivity contribution in [1.82, 2.24) is 9.21 Å². The first kappa shape index (κ1) is 21.0. The first-order chi connectivity index (χ1) is 14.4. The van der Waals surface area contributed by atoms with Crippen LogP contribution in [0.5, 0.6) is 0 Å². The van der Waals surface area contributed by atoms with Gasteiger partial charge in [0.2, 0.25) is 15.9 Å². The van der Waals surface area contributed by atoms with Gasteiger partial charge in [0.25, 0.3) is 0 Å². The number of benzene rings is 2. The van der Waals surface area contributed by atoms with Crippen molar-refractivity contribution in [2.45, 2.75) is 30.7 Å². The van der Waals surface area contributed by atoms with Crippen molar-refractivity contribution in [2.24, 2.45) is 0 Å². The summed E-state index contributed by atoms with van der Waals surface area (Å²) >= 11 is 0. The second-order valence-corrected chi connectivity index (χ2v) is 9.73. The van der Waals surface area contributed by atoms with Crippen molar-refractivity contribution in [3.63, 3.8) is 0 Å². The number of amides is 1. The van der Waals surface area contributed by atoms with E-state index in [2.05, 4.69) is 11.0 Å². The highest BCUT2D eigenvalue weighted by molar-refractivity contribution is 7.89. The molecule has 2 aromatic carbocycles. The van der Waals surface area contributed by atoms with Gasteiger partial charge in [-0.15, -0.1) is 0 Å². The van der Waals surface area contributed by atoms with Crippen LogP contribution >= 0.6 is 0 Å². The van der Waals surface area contributed by atoms with Gasteiger partial charge in [-0.3, -0.25) is 9.69 Å². The van der Waals surface area contributed by atoms with E-state index in [0.717, 1.165) is 24.2 Å². The summed E-state index contributed by atoms with van der Waals surface area (Å²) in [5.74, 6) is -0.415. The van der Waals surface area contributed by atoms with Gasteiger partial charge in [-0.2, -0.15) is 4.31 Å². The van der Waals surface area contributed by atoms with Gasteiger partial charge in [0.05, 0.1) is 10.9 Å². The van der Waals surface area contributed by atoms with Crippen molar-refractivity contribution in [3.05, 3.63) is 59.9 Å². The third-order valence-electron chi connectivity index (χ3n) is 6.00. The van der Waals surface area contributed by atoms with E-state index in [1.54, 1.807) is 0 Å². The van der Waals surface area contributed by atoms with Crippen molar-refractivity contribution in [1.29, 1.82) is 0 Å². The molecular weight excluding hydrogens is 405 g/mol. The predicted octanol–water partition coefficient (Wildman–Crippen LogP) is 2.50. The van der Waals surface area contributed by atoms with Crippen LogP contribution in [0, 0.1) is 5.82 Å². The van der Waals surface area contributed by atoms with Gasteiger partial charge >= 0.3 is 0 Å². The molecule has 0 aliphatic carbocycles. The lowest BCUT2D eigenvalue weighted by Crippen LogP contribution is -2.48. The quantitative estimate of drug-likeness (QED) is 0.746. The van der Waals surface area contributed by atoms with E-state index in [0.29, 0.717) is 39.1 Å². The van der Waals surface area contributed by atoms with Crippen molar-refractivity contribution >= 4 is 21.6 Å². The maximum atomic E-state index is 13.2. The Kier molecular flexibility index (Phi) is 5.90. The standard InChI is InChI=1S/C22H26FN3O3S/c1-17(22(27)26-14-11-18-5-2-3-6-21(18)26)24-12-4-13-25(16-15-24)30(28,29)20-9-7-19(23)8-10-20/h2-3,5-10,17H,4,11-16H2,1H3/t17-/m1/s1. The normalized spacial score (nSPS) is 19.3. The number of carbonyl (C=O) groups excluding carboxylic acids is 1. The molecule has 30 heavy (non-hydrogen) atoms. The van der Waals surface area contributed by atoms with Gasteiger partial charge in [-0.25, -0.2) is 12.8 Å². The van der Waals surface area contributed by atoms with Crippen LogP contribution in [0.1, 0.15) is 18.9 Å². The minimum absolute atomic E-state index is 0.0507. The molecule has 0 aromatic heterocycles. The van der Waals surface area contributed by atoms with Gasteiger partial charge in [0.1, 0.15) is 5.82 Å². The molecular formula is C22H26FN3O3S. The summed E-state index contributed by atoms with van der Waals surface area (Å²) in [7, 11) is -3.68. The first-order valence-electron chi connectivity index (χ1n) is 10.3. The van der Waals surface area contributed by atoms with Crippen LogP contribution in [0.25, 0.3) is 0 Å². The first-order valence-corrected chi connectivity index (χ1v) is 11.7. The number of hydrogen-bond donors (Lipinski definition) is 0. The highest BCUT2D eigenvalue weighted by Crippen LogP contribution is 2.28. The average molecular weight is 432 g/mol. The molecule has 1 saturated heterocycles. The Morgan fingerprint density at radius 3 is 2.47 bits per heavy atom. The van der Waals surface area contributed by atoms with Crippen LogP contribution in [0.2, 0.25) is 0 Å². The van der Waals surface area contributed by atoms with Gasteiger partial charge in [0, 0.05) is 38.4 Å². The third kappa shape index (κ3) is 3.99. The number of rotatable bonds is 4. The molecule has 0 radical (unpaired) electrons. The van der Waals surface area contributed by atoms with E-state index in [1.165, 1.54) is 22.0 Å². The van der Waals surface area contributed by atoms with E-state index in [9.17, 15) is 17.6 Å². The summed E-state index contributed by atoms with van der Waals surface area (Å²) in [5.41, 5.74) is 2.16. The summed E-state index contributed by atoms with van der Waals surface area (Å²) in [6, 6.07) is 12.5. The zero-order chi connectivity index (χ0) is 21.3. The Morgan fingerprint density at radius 2 is 1.70 bits per heavy atom. The smallest absolute Gasteiger partial charge is 0.244 e. The lowest BCUT2D eigenvalue weighted by Gasteiger charge is -2.30. The minimum atomic E-state index is -3.68. The number of nitrogens with zero attached hydrogens (tertiary/aromatic N) is 3. The van der Waals surface area contributed by atoms with Crippen LogP contribution in [0.3, 0.4) is 0 Å². The lowest BCUT2D eigenvalue weighted by atomic mass is 10.1. The van der Waals surface area contributed by atoms with Crippen molar-refractivity contribution < 1.29 is 17.6 Å². The molecule has 0 unspecified atom stereocenters. The second kappa shape index (κ2) is 8.45. The average Bonchev–Trinajstić information content (AvgIpc) is 3.01. The van der Waals surface area contributed by atoms with Crippen LogP contribution in [0.4, 0.5) is 10.1 Å². The molecule has 1 amide bonds. The van der Waals surface area contributed by atoms with Gasteiger partial charge < -0.3 is 4.90 Å². The van der Waals surface area contributed by atoms with E-state index >= 15 is 0 Å². The molecule has 2 aliphatic rings. The lowest BCUT2D eigenvalue weighted by molar-refractivity contribution is -0.123. The summed E-state index contributed by atoms with van der Waals surface area (Å²) in [6.45, 7) is 4.38. The molecule has 1 atom stereocenters. The molecule has 160 valence electrons. The zero-order valence-electron chi connectivity index (χ0n) is 17.0. The molecule has 6 nitrogen and oxygen atoms in total. The summed E-state index contributed by atoms with van der Waals surface area (Å²) in [5, 5.41) is 0. The molecule has 0 N–H and O–H groups in total. The van der Waals surface area contributed by atoms with E-state index in [4.69, 9.17) is 0 Å². The maximum absolute atomic E-state index is 13.2. The maximum Gasteiger partial charge on any atom is 0.244 e. The van der Waals surface area contributed by atoms with Crippen LogP contribution in [-0.4, -0.2) is 62.3 Å². The SMILES string of the molecule is C[C@H](C(=O)N1CCc2ccccc21)N1CCCN(S(=O)(=O)c2ccc(F)cc2)CC1. The van der Waals surface area contributed by atoms with Gasteiger partial charge in [-0.05, 0) is 55.7 Å². The minimum Gasteiger partial charge on any atom is -0.310 e. The number of para-hydroxylation sites is 1.